The first-order chi connectivity index (χ1) is 16.7. The number of aryl methyl sites for hydroxylation is 2. The summed E-state index contributed by atoms with van der Waals surface area (Å²) in [6.45, 7) is 3.91. The summed E-state index contributed by atoms with van der Waals surface area (Å²) in [6.07, 6.45) is 0.688. The average Bonchev–Trinajstić information content (AvgIpc) is 3.11. The number of carbonyl (C=O) groups excluding carboxylic acids is 2. The first-order valence-electron chi connectivity index (χ1n) is 11.2. The lowest BCUT2D eigenvalue weighted by Gasteiger charge is -2.26. The predicted molar refractivity (Wildman–Crippen MR) is 137 cm³/mol. The van der Waals surface area contributed by atoms with Gasteiger partial charge < -0.3 is 10.2 Å². The number of rotatable bonds is 6. The maximum absolute atomic E-state index is 13.3. The topological polar surface area (TPSA) is 94.9 Å². The maximum Gasteiger partial charge on any atom is 0.307 e. The quantitative estimate of drug-likeness (QED) is 0.245. The van der Waals surface area contributed by atoms with Gasteiger partial charge in [-0.3, -0.25) is 19.3 Å². The average molecular weight is 534 g/mol. The van der Waals surface area contributed by atoms with Crippen LogP contribution in [0.5, 0.6) is 0 Å². The van der Waals surface area contributed by atoms with Crippen LogP contribution in [0.4, 0.5) is 5.69 Å². The highest BCUT2D eigenvalue weighted by Gasteiger charge is 2.47. The second kappa shape index (κ2) is 9.88. The van der Waals surface area contributed by atoms with E-state index in [0.717, 1.165) is 22.0 Å². The van der Waals surface area contributed by atoms with Crippen molar-refractivity contribution in [1.29, 1.82) is 0 Å². The standard InChI is InChI=1S/C28H24BrNO5/c1-3-17-4-8-19(9-5-17)25-24(26(33)20-10-13-22(29)16(2)14-20)27(34)28(35)30(25)21-11-6-18(7-12-21)15-23(31)32/h4-14,25,33H,3,15H2,1-2H3,(H,31,32)/b26-24-. The fourth-order valence-electron chi connectivity index (χ4n) is 4.25. The minimum Gasteiger partial charge on any atom is -0.507 e. The lowest BCUT2D eigenvalue weighted by molar-refractivity contribution is -0.136. The zero-order valence-corrected chi connectivity index (χ0v) is 20.9. The number of Topliss-reactive ketones (excluding diaryl/α,β-unsaturated/α-hetero) is 1. The summed E-state index contributed by atoms with van der Waals surface area (Å²) < 4.78 is 0.864. The Labute approximate surface area is 211 Å². The third kappa shape index (κ3) is 4.77. The second-order valence-electron chi connectivity index (χ2n) is 8.47. The number of aliphatic hydroxyl groups excluding tert-OH is 1. The summed E-state index contributed by atoms with van der Waals surface area (Å²) in [7, 11) is 0. The molecule has 1 atom stereocenters. The van der Waals surface area contributed by atoms with E-state index in [2.05, 4.69) is 15.9 Å². The van der Waals surface area contributed by atoms with Crippen LogP contribution < -0.4 is 4.90 Å². The summed E-state index contributed by atoms with van der Waals surface area (Å²) >= 11 is 3.44. The normalized spacial score (nSPS) is 17.1. The predicted octanol–water partition coefficient (Wildman–Crippen LogP) is 5.57. The first kappa shape index (κ1) is 24.4. The Hall–Kier alpha value is -3.71. The Morgan fingerprint density at radius 2 is 1.57 bits per heavy atom. The molecule has 0 radical (unpaired) electrons. The molecule has 6 nitrogen and oxygen atoms in total. The van der Waals surface area contributed by atoms with E-state index in [1.54, 1.807) is 42.5 Å². The number of nitrogens with zero attached hydrogens (tertiary/aromatic N) is 1. The van der Waals surface area contributed by atoms with Crippen molar-refractivity contribution in [1.82, 2.24) is 0 Å². The van der Waals surface area contributed by atoms with Crippen LogP contribution in [-0.2, 0) is 27.2 Å². The van der Waals surface area contributed by atoms with E-state index < -0.39 is 23.7 Å². The molecule has 1 unspecified atom stereocenters. The van der Waals surface area contributed by atoms with Gasteiger partial charge in [-0.25, -0.2) is 0 Å². The van der Waals surface area contributed by atoms with Crippen molar-refractivity contribution in [2.45, 2.75) is 32.7 Å². The molecular formula is C28H24BrNO5. The fourth-order valence-corrected chi connectivity index (χ4v) is 4.49. The van der Waals surface area contributed by atoms with Crippen LogP contribution in [0.15, 0.2) is 76.8 Å². The van der Waals surface area contributed by atoms with Gasteiger partial charge >= 0.3 is 5.97 Å². The number of carboxylic acid groups (broad SMARTS) is 1. The molecule has 1 fully saturated rings. The minimum absolute atomic E-state index is 0.00980. The molecule has 3 aromatic carbocycles. The lowest BCUT2D eigenvalue weighted by Crippen LogP contribution is -2.29. The summed E-state index contributed by atoms with van der Waals surface area (Å²) in [6, 6.07) is 18.5. The highest BCUT2D eigenvalue weighted by atomic mass is 79.9. The van der Waals surface area contributed by atoms with E-state index in [1.807, 2.05) is 38.1 Å². The van der Waals surface area contributed by atoms with Crippen LogP contribution >= 0.6 is 15.9 Å². The molecule has 7 heteroatoms. The van der Waals surface area contributed by atoms with Crippen molar-refractivity contribution in [3.63, 3.8) is 0 Å². The third-order valence-electron chi connectivity index (χ3n) is 6.15. The number of aliphatic hydroxyl groups is 1. The lowest BCUT2D eigenvalue weighted by atomic mass is 9.94. The number of hydrogen-bond acceptors (Lipinski definition) is 4. The van der Waals surface area contributed by atoms with Gasteiger partial charge in [0.05, 0.1) is 18.0 Å². The number of aliphatic carboxylic acids is 1. The Balaban J connectivity index is 1.88. The van der Waals surface area contributed by atoms with Gasteiger partial charge in [0.1, 0.15) is 5.76 Å². The fraction of sp³-hybridized carbons (Fsp3) is 0.179. The van der Waals surface area contributed by atoms with Crippen LogP contribution in [0.25, 0.3) is 5.76 Å². The maximum atomic E-state index is 13.3. The van der Waals surface area contributed by atoms with Crippen LogP contribution in [0, 0.1) is 6.92 Å². The molecule has 1 aliphatic rings. The monoisotopic (exact) mass is 533 g/mol. The zero-order chi connectivity index (χ0) is 25.3. The molecule has 4 rings (SSSR count). The van der Waals surface area contributed by atoms with Crippen LogP contribution in [0.1, 0.15) is 40.8 Å². The van der Waals surface area contributed by atoms with E-state index in [1.165, 1.54) is 4.90 Å². The van der Waals surface area contributed by atoms with Gasteiger partial charge in [0, 0.05) is 15.7 Å². The number of carbonyl (C=O) groups is 3. The van der Waals surface area contributed by atoms with Gasteiger partial charge in [-0.2, -0.15) is 0 Å². The first-order valence-corrected chi connectivity index (χ1v) is 12.0. The molecule has 0 bridgehead atoms. The molecule has 1 aliphatic heterocycles. The SMILES string of the molecule is CCc1ccc(C2/C(=C(/O)c3ccc(Br)c(C)c3)C(=O)C(=O)N2c2ccc(CC(=O)O)cc2)cc1. The second-order valence-corrected chi connectivity index (χ2v) is 9.32. The molecule has 3 aromatic rings. The molecule has 178 valence electrons. The number of anilines is 1. The van der Waals surface area contributed by atoms with Gasteiger partial charge in [-0.05, 0) is 59.9 Å². The molecule has 1 amide bonds. The van der Waals surface area contributed by atoms with Crippen molar-refractivity contribution < 1.29 is 24.6 Å². The van der Waals surface area contributed by atoms with Gasteiger partial charge in [0.15, 0.2) is 0 Å². The molecule has 0 saturated carbocycles. The van der Waals surface area contributed by atoms with Gasteiger partial charge in [0.25, 0.3) is 11.7 Å². The Bertz CT molecular complexity index is 1340. The summed E-state index contributed by atoms with van der Waals surface area (Å²) in [5.74, 6) is -2.73. The highest BCUT2D eigenvalue weighted by Crippen LogP contribution is 2.42. The van der Waals surface area contributed by atoms with Crippen molar-refractivity contribution >= 4 is 45.0 Å². The molecule has 1 saturated heterocycles. The van der Waals surface area contributed by atoms with Crippen molar-refractivity contribution in [3.05, 3.63) is 105 Å². The van der Waals surface area contributed by atoms with Crippen molar-refractivity contribution in [2.75, 3.05) is 4.90 Å². The number of benzene rings is 3. The van der Waals surface area contributed by atoms with E-state index in [9.17, 15) is 19.5 Å². The van der Waals surface area contributed by atoms with Crippen LogP contribution in [-0.4, -0.2) is 27.9 Å². The summed E-state index contributed by atoms with van der Waals surface area (Å²) in [5, 5.41) is 20.3. The van der Waals surface area contributed by atoms with E-state index in [4.69, 9.17) is 5.11 Å². The van der Waals surface area contributed by atoms with Gasteiger partial charge in [-0.1, -0.05) is 65.3 Å². The third-order valence-corrected chi connectivity index (χ3v) is 7.04. The smallest absolute Gasteiger partial charge is 0.307 e. The Kier molecular flexibility index (Phi) is 6.89. The summed E-state index contributed by atoms with van der Waals surface area (Å²) in [5.41, 5.74) is 4.13. The largest absolute Gasteiger partial charge is 0.507 e. The zero-order valence-electron chi connectivity index (χ0n) is 19.3. The number of amides is 1. The molecular weight excluding hydrogens is 510 g/mol. The molecule has 1 heterocycles. The number of carboxylic acids is 1. The van der Waals surface area contributed by atoms with E-state index in [0.29, 0.717) is 22.4 Å². The van der Waals surface area contributed by atoms with Crippen LogP contribution in [0.2, 0.25) is 0 Å². The van der Waals surface area contributed by atoms with Crippen molar-refractivity contribution in [3.8, 4) is 0 Å². The van der Waals surface area contributed by atoms with E-state index >= 15 is 0 Å². The van der Waals surface area contributed by atoms with Gasteiger partial charge in [0.2, 0.25) is 0 Å². The highest BCUT2D eigenvalue weighted by molar-refractivity contribution is 9.10. The molecule has 35 heavy (non-hydrogen) atoms. The van der Waals surface area contributed by atoms with E-state index in [-0.39, 0.29) is 17.8 Å². The Morgan fingerprint density at radius 1 is 0.943 bits per heavy atom. The molecule has 2 N–H and O–H groups in total. The molecule has 0 spiro atoms. The van der Waals surface area contributed by atoms with Gasteiger partial charge in [-0.15, -0.1) is 0 Å². The summed E-state index contributed by atoms with van der Waals surface area (Å²) in [4.78, 5) is 39.0. The Morgan fingerprint density at radius 3 is 2.14 bits per heavy atom. The van der Waals surface area contributed by atoms with Crippen LogP contribution in [0.3, 0.4) is 0 Å². The molecule has 0 aliphatic carbocycles. The number of hydrogen-bond donors (Lipinski definition) is 2. The molecule has 0 aromatic heterocycles. The minimum atomic E-state index is -0.959. The van der Waals surface area contributed by atoms with Crippen molar-refractivity contribution in [2.24, 2.45) is 0 Å². The number of ketones is 1. The number of halogens is 1.